The van der Waals surface area contributed by atoms with Crippen molar-refractivity contribution in [1.82, 2.24) is 10.6 Å². The number of rotatable bonds is 8. The van der Waals surface area contributed by atoms with Gasteiger partial charge < -0.3 is 20.5 Å². The van der Waals surface area contributed by atoms with Gasteiger partial charge in [0, 0.05) is 6.42 Å². The summed E-state index contributed by atoms with van der Waals surface area (Å²) in [7, 11) is 0. The maximum Gasteiger partial charge on any atom is 0.309 e. The molecule has 0 spiro atoms. The van der Waals surface area contributed by atoms with Gasteiger partial charge in [-0.15, -0.1) is 0 Å². The first-order chi connectivity index (χ1) is 18.7. The molecule has 1 heterocycles. The molecular weight excluding hydrogens is 492 g/mol. The van der Waals surface area contributed by atoms with Crippen molar-refractivity contribution in [2.45, 2.75) is 65.0 Å². The molecule has 4 atom stereocenters. The van der Waals surface area contributed by atoms with Crippen molar-refractivity contribution in [2.24, 2.45) is 17.3 Å². The lowest BCUT2D eigenvalue weighted by molar-refractivity contribution is -0.151. The lowest BCUT2D eigenvalue weighted by Gasteiger charge is -2.33. The molecule has 0 saturated heterocycles. The quantitative estimate of drug-likeness (QED) is 0.351. The minimum absolute atomic E-state index is 0.00838. The lowest BCUT2D eigenvalue weighted by Crippen LogP contribution is -2.50. The number of hydrogen-bond acceptors (Lipinski definition) is 5. The SMILES string of the molecule is CC(C)(C)[C@H]1COC(=O)[C@@H](Cc2ccccc2)CC=CC[C@H](CC(=O)N[C@H](CO)Cc2ccccc2)C(=O)N1. The predicted molar refractivity (Wildman–Crippen MR) is 152 cm³/mol. The summed E-state index contributed by atoms with van der Waals surface area (Å²) in [5, 5.41) is 15.8. The summed E-state index contributed by atoms with van der Waals surface area (Å²) in [6, 6.07) is 18.6. The summed E-state index contributed by atoms with van der Waals surface area (Å²) in [6.07, 6.45) is 5.69. The predicted octanol–water partition coefficient (Wildman–Crippen LogP) is 4.00. The molecule has 2 aromatic rings. The molecule has 2 amide bonds. The van der Waals surface area contributed by atoms with Crippen LogP contribution in [-0.2, 0) is 32.0 Å². The first kappa shape index (κ1) is 30.1. The second-order valence-electron chi connectivity index (χ2n) is 11.4. The van der Waals surface area contributed by atoms with Crippen molar-refractivity contribution in [3.8, 4) is 0 Å². The number of carbonyl (C=O) groups is 3. The van der Waals surface area contributed by atoms with Crippen LogP contribution in [0.4, 0.5) is 0 Å². The Hall–Kier alpha value is -3.45. The molecule has 3 rings (SSSR count). The fourth-order valence-electron chi connectivity index (χ4n) is 4.62. The van der Waals surface area contributed by atoms with Crippen LogP contribution in [0.5, 0.6) is 0 Å². The molecule has 1 aliphatic rings. The van der Waals surface area contributed by atoms with Crippen LogP contribution >= 0.6 is 0 Å². The second kappa shape index (κ2) is 14.6. The van der Waals surface area contributed by atoms with Gasteiger partial charge in [0.25, 0.3) is 0 Å². The number of esters is 1. The van der Waals surface area contributed by atoms with E-state index >= 15 is 0 Å². The van der Waals surface area contributed by atoms with Crippen LogP contribution < -0.4 is 10.6 Å². The molecule has 2 aromatic carbocycles. The van der Waals surface area contributed by atoms with E-state index in [4.69, 9.17) is 4.74 Å². The van der Waals surface area contributed by atoms with E-state index in [1.165, 1.54) is 0 Å². The Bertz CT molecular complexity index is 1090. The maximum atomic E-state index is 13.3. The zero-order valence-electron chi connectivity index (χ0n) is 23.3. The number of nitrogens with one attached hydrogen (secondary N) is 2. The van der Waals surface area contributed by atoms with Crippen molar-refractivity contribution in [3.05, 3.63) is 83.9 Å². The standard InChI is InChI=1S/C32H42N2O5/c1-32(2,3)28-22-39-31(38)26(18-23-12-6-4-7-13-23)17-11-10-16-25(30(37)34-28)20-29(36)33-27(21-35)19-24-14-8-5-9-15-24/h4-15,25-28,35H,16-22H2,1-3H3,(H,33,36)(H,34,37)/t25-,26-,27+,28-/m1/s1. The Balaban J connectivity index is 1.73. The van der Waals surface area contributed by atoms with E-state index in [2.05, 4.69) is 10.6 Å². The van der Waals surface area contributed by atoms with Crippen LogP contribution in [-0.4, -0.2) is 48.2 Å². The molecular formula is C32H42N2O5. The van der Waals surface area contributed by atoms with Crippen LogP contribution in [0.15, 0.2) is 72.8 Å². The van der Waals surface area contributed by atoms with Gasteiger partial charge in [-0.2, -0.15) is 0 Å². The largest absolute Gasteiger partial charge is 0.463 e. The molecule has 0 bridgehead atoms. The molecule has 3 N–H and O–H groups in total. The van der Waals surface area contributed by atoms with Gasteiger partial charge in [0.15, 0.2) is 0 Å². The van der Waals surface area contributed by atoms with Gasteiger partial charge in [-0.05, 0) is 42.2 Å². The van der Waals surface area contributed by atoms with Crippen molar-refractivity contribution >= 4 is 17.8 Å². The number of aliphatic hydroxyl groups excluding tert-OH is 1. The maximum absolute atomic E-state index is 13.3. The third-order valence-electron chi connectivity index (χ3n) is 7.13. The average molecular weight is 535 g/mol. The second-order valence-corrected chi connectivity index (χ2v) is 11.4. The highest BCUT2D eigenvalue weighted by Gasteiger charge is 2.32. The summed E-state index contributed by atoms with van der Waals surface area (Å²) in [4.78, 5) is 39.3. The number of allylic oxidation sites excluding steroid dienone is 2. The number of aliphatic hydroxyl groups is 1. The van der Waals surface area contributed by atoms with Crippen LogP contribution in [0.25, 0.3) is 0 Å². The number of cyclic esters (lactones) is 1. The lowest BCUT2D eigenvalue weighted by atomic mass is 9.86. The molecule has 210 valence electrons. The number of hydrogen-bond donors (Lipinski definition) is 3. The van der Waals surface area contributed by atoms with Gasteiger partial charge in [0.1, 0.15) is 6.61 Å². The monoisotopic (exact) mass is 534 g/mol. The van der Waals surface area contributed by atoms with Gasteiger partial charge >= 0.3 is 5.97 Å². The Kier molecular flexibility index (Phi) is 11.3. The molecule has 1 aliphatic heterocycles. The van der Waals surface area contributed by atoms with E-state index in [1.54, 1.807) is 0 Å². The Morgan fingerprint density at radius 1 is 0.974 bits per heavy atom. The molecule has 7 nitrogen and oxygen atoms in total. The highest BCUT2D eigenvalue weighted by Crippen LogP contribution is 2.24. The Morgan fingerprint density at radius 3 is 2.15 bits per heavy atom. The van der Waals surface area contributed by atoms with Crippen molar-refractivity contribution in [3.63, 3.8) is 0 Å². The van der Waals surface area contributed by atoms with Gasteiger partial charge in [0.2, 0.25) is 11.8 Å². The molecule has 0 unspecified atom stereocenters. The minimum Gasteiger partial charge on any atom is -0.463 e. The minimum atomic E-state index is -0.593. The molecule has 0 aliphatic carbocycles. The van der Waals surface area contributed by atoms with Crippen LogP contribution in [0, 0.1) is 17.3 Å². The highest BCUT2D eigenvalue weighted by molar-refractivity contribution is 5.86. The van der Waals surface area contributed by atoms with E-state index in [1.807, 2.05) is 93.6 Å². The van der Waals surface area contributed by atoms with Crippen LogP contribution in [0.2, 0.25) is 0 Å². The third-order valence-corrected chi connectivity index (χ3v) is 7.13. The smallest absolute Gasteiger partial charge is 0.309 e. The van der Waals surface area contributed by atoms with E-state index in [9.17, 15) is 19.5 Å². The molecule has 39 heavy (non-hydrogen) atoms. The highest BCUT2D eigenvalue weighted by atomic mass is 16.5. The van der Waals surface area contributed by atoms with Crippen LogP contribution in [0.1, 0.15) is 51.2 Å². The number of ether oxygens (including phenoxy) is 1. The van der Waals surface area contributed by atoms with Crippen LogP contribution in [0.3, 0.4) is 0 Å². The fourth-order valence-corrected chi connectivity index (χ4v) is 4.62. The normalized spacial score (nSPS) is 21.6. The summed E-state index contributed by atoms with van der Waals surface area (Å²) < 4.78 is 5.73. The molecule has 0 aromatic heterocycles. The molecule has 0 saturated carbocycles. The molecule has 0 fully saturated rings. The molecule has 0 radical (unpaired) electrons. The summed E-state index contributed by atoms with van der Waals surface area (Å²) in [6.45, 7) is 5.81. The van der Waals surface area contributed by atoms with E-state index < -0.39 is 18.0 Å². The van der Waals surface area contributed by atoms with Gasteiger partial charge in [-0.3, -0.25) is 14.4 Å². The number of benzene rings is 2. The van der Waals surface area contributed by atoms with Gasteiger partial charge in [-0.25, -0.2) is 0 Å². The van der Waals surface area contributed by atoms with E-state index in [0.717, 1.165) is 11.1 Å². The number of carbonyl (C=O) groups excluding carboxylic acids is 3. The van der Waals surface area contributed by atoms with Gasteiger partial charge in [0.05, 0.1) is 30.5 Å². The Labute approximate surface area is 232 Å². The summed E-state index contributed by atoms with van der Waals surface area (Å²) in [5.74, 6) is -1.76. The number of amides is 2. The van der Waals surface area contributed by atoms with Crippen molar-refractivity contribution < 1.29 is 24.2 Å². The van der Waals surface area contributed by atoms with Crippen molar-refractivity contribution in [2.75, 3.05) is 13.2 Å². The van der Waals surface area contributed by atoms with E-state index in [0.29, 0.717) is 25.7 Å². The summed E-state index contributed by atoms with van der Waals surface area (Å²) in [5.41, 5.74) is 1.70. The first-order valence-electron chi connectivity index (χ1n) is 13.8. The van der Waals surface area contributed by atoms with E-state index in [-0.39, 0.29) is 48.8 Å². The summed E-state index contributed by atoms with van der Waals surface area (Å²) >= 11 is 0. The topological polar surface area (TPSA) is 105 Å². The zero-order chi connectivity index (χ0) is 28.3. The molecule has 7 heteroatoms. The first-order valence-corrected chi connectivity index (χ1v) is 13.8. The zero-order valence-corrected chi connectivity index (χ0v) is 23.3. The van der Waals surface area contributed by atoms with Crippen molar-refractivity contribution in [1.29, 1.82) is 0 Å². The average Bonchev–Trinajstić information content (AvgIpc) is 2.91. The Morgan fingerprint density at radius 2 is 1.56 bits per heavy atom. The van der Waals surface area contributed by atoms with Gasteiger partial charge in [-0.1, -0.05) is 93.6 Å². The fraction of sp³-hybridized carbons (Fsp3) is 0.469. The third kappa shape index (κ3) is 9.98.